The molecule has 2 heterocycles. The van der Waals surface area contributed by atoms with Crippen LogP contribution in [0.2, 0.25) is 0 Å². The fourth-order valence-electron chi connectivity index (χ4n) is 2.74. The van der Waals surface area contributed by atoms with Gasteiger partial charge < -0.3 is 19.6 Å². The number of benzene rings is 1. The van der Waals surface area contributed by atoms with E-state index in [1.807, 2.05) is 24.3 Å². The van der Waals surface area contributed by atoms with Crippen LogP contribution < -0.4 is 10.5 Å². The van der Waals surface area contributed by atoms with Crippen LogP contribution in [0.4, 0.5) is 0 Å². The number of aliphatic imine (C=N–C) groups is 1. The lowest BCUT2D eigenvalue weighted by Gasteiger charge is -2.10. The maximum absolute atomic E-state index is 11.7. The van der Waals surface area contributed by atoms with Gasteiger partial charge in [-0.15, -0.1) is 0 Å². The van der Waals surface area contributed by atoms with Crippen molar-refractivity contribution in [2.75, 3.05) is 14.2 Å². The summed E-state index contributed by atoms with van der Waals surface area (Å²) in [5.41, 5.74) is 8.53. The van der Waals surface area contributed by atoms with Crippen LogP contribution in [0.15, 0.2) is 51.5 Å². The zero-order valence-electron chi connectivity index (χ0n) is 14.2. The highest BCUT2D eigenvalue weighted by atomic mass is 16.5. The molecule has 0 saturated carbocycles. The Morgan fingerprint density at radius 3 is 2.88 bits per heavy atom. The van der Waals surface area contributed by atoms with Gasteiger partial charge in [-0.2, -0.15) is 0 Å². The van der Waals surface area contributed by atoms with Crippen LogP contribution in [0.1, 0.15) is 24.2 Å². The van der Waals surface area contributed by atoms with E-state index in [2.05, 4.69) is 4.99 Å². The molecule has 25 heavy (non-hydrogen) atoms. The molecule has 0 radical (unpaired) electrons. The SMILES string of the molecule is COC(=O)C1=CN=C(c2cc(OC)c3oc(CN)cc3c2)CCC=C1. The summed E-state index contributed by atoms with van der Waals surface area (Å²) < 4.78 is 15.9. The van der Waals surface area contributed by atoms with Crippen LogP contribution in [-0.2, 0) is 16.1 Å². The molecule has 1 aromatic heterocycles. The Morgan fingerprint density at radius 1 is 1.32 bits per heavy atom. The monoisotopic (exact) mass is 340 g/mol. The lowest BCUT2D eigenvalue weighted by molar-refractivity contribution is -0.135. The Labute approximate surface area is 145 Å². The predicted molar refractivity (Wildman–Crippen MR) is 95.7 cm³/mol. The third-order valence-corrected chi connectivity index (χ3v) is 4.01. The van der Waals surface area contributed by atoms with E-state index in [1.165, 1.54) is 13.3 Å². The Morgan fingerprint density at radius 2 is 2.16 bits per heavy atom. The minimum atomic E-state index is -0.406. The lowest BCUT2D eigenvalue weighted by Crippen LogP contribution is -2.06. The van der Waals surface area contributed by atoms with Gasteiger partial charge in [0.25, 0.3) is 0 Å². The van der Waals surface area contributed by atoms with Gasteiger partial charge in [0.2, 0.25) is 0 Å². The molecule has 2 N–H and O–H groups in total. The first-order valence-electron chi connectivity index (χ1n) is 7.99. The highest BCUT2D eigenvalue weighted by molar-refractivity contribution is 6.05. The average molecular weight is 340 g/mol. The minimum absolute atomic E-state index is 0.324. The van der Waals surface area contributed by atoms with Crippen LogP contribution in [0, 0.1) is 0 Å². The summed E-state index contributed by atoms with van der Waals surface area (Å²) in [5, 5.41) is 0.910. The van der Waals surface area contributed by atoms with Crippen molar-refractivity contribution in [3.05, 3.63) is 53.4 Å². The second-order valence-electron chi connectivity index (χ2n) is 5.61. The Balaban J connectivity index is 2.06. The molecule has 0 spiro atoms. The topological polar surface area (TPSA) is 87.0 Å². The molecule has 0 atom stereocenters. The average Bonchev–Trinajstić information content (AvgIpc) is 3.03. The minimum Gasteiger partial charge on any atom is -0.493 e. The first kappa shape index (κ1) is 17.0. The van der Waals surface area contributed by atoms with Gasteiger partial charge in [0.1, 0.15) is 5.76 Å². The number of fused-ring (bicyclic) bond motifs is 1. The van der Waals surface area contributed by atoms with Gasteiger partial charge in [0.15, 0.2) is 11.3 Å². The number of allylic oxidation sites excluding steroid dienone is 1. The lowest BCUT2D eigenvalue weighted by atomic mass is 10.0. The van der Waals surface area contributed by atoms with E-state index in [0.29, 0.717) is 29.2 Å². The zero-order valence-corrected chi connectivity index (χ0v) is 14.2. The van der Waals surface area contributed by atoms with Gasteiger partial charge >= 0.3 is 5.97 Å². The number of esters is 1. The molecule has 1 aliphatic heterocycles. The number of hydrogen-bond acceptors (Lipinski definition) is 6. The number of methoxy groups -OCH3 is 2. The fraction of sp³-hybridized carbons (Fsp3) is 0.263. The quantitative estimate of drug-likeness (QED) is 0.864. The number of ether oxygens (including phenoxy) is 2. The molecule has 2 aromatic rings. The van der Waals surface area contributed by atoms with Crippen LogP contribution in [-0.4, -0.2) is 25.9 Å². The van der Waals surface area contributed by atoms with Crippen molar-refractivity contribution < 1.29 is 18.7 Å². The van der Waals surface area contributed by atoms with Gasteiger partial charge in [-0.05, 0) is 31.0 Å². The molecule has 6 nitrogen and oxygen atoms in total. The molecule has 0 unspecified atom stereocenters. The highest BCUT2D eigenvalue weighted by Gasteiger charge is 2.14. The molecule has 0 saturated heterocycles. The fourth-order valence-corrected chi connectivity index (χ4v) is 2.74. The van der Waals surface area contributed by atoms with Gasteiger partial charge in [-0.1, -0.05) is 12.2 Å². The molecule has 1 aromatic carbocycles. The summed E-state index contributed by atoms with van der Waals surface area (Å²) in [6.45, 7) is 0.324. The Hall–Kier alpha value is -2.86. The van der Waals surface area contributed by atoms with Gasteiger partial charge in [-0.25, -0.2) is 4.79 Å². The normalized spacial score (nSPS) is 14.5. The molecular weight excluding hydrogens is 320 g/mol. The number of nitrogens with two attached hydrogens (primary N) is 1. The largest absolute Gasteiger partial charge is 0.493 e. The number of carbonyl (C=O) groups is 1. The van der Waals surface area contributed by atoms with Crippen molar-refractivity contribution in [1.29, 1.82) is 0 Å². The predicted octanol–water partition coefficient (Wildman–Crippen LogP) is 3.10. The zero-order chi connectivity index (χ0) is 17.8. The Kier molecular flexibility index (Phi) is 5.00. The maximum Gasteiger partial charge on any atom is 0.339 e. The molecule has 1 aliphatic rings. The van der Waals surface area contributed by atoms with Crippen molar-refractivity contribution in [2.24, 2.45) is 10.7 Å². The summed E-state index contributed by atoms with van der Waals surface area (Å²) >= 11 is 0. The first-order valence-corrected chi connectivity index (χ1v) is 7.99. The number of rotatable bonds is 4. The van der Waals surface area contributed by atoms with Crippen molar-refractivity contribution in [3.63, 3.8) is 0 Å². The molecular formula is C19H20N2O4. The second-order valence-corrected chi connectivity index (χ2v) is 5.61. The summed E-state index contributed by atoms with van der Waals surface area (Å²) in [6, 6.07) is 5.79. The van der Waals surface area contributed by atoms with E-state index in [4.69, 9.17) is 19.6 Å². The summed E-state index contributed by atoms with van der Waals surface area (Å²) in [6.07, 6.45) is 6.73. The van der Waals surface area contributed by atoms with E-state index < -0.39 is 5.97 Å². The van der Waals surface area contributed by atoms with E-state index >= 15 is 0 Å². The molecule has 130 valence electrons. The van der Waals surface area contributed by atoms with Gasteiger partial charge in [0, 0.05) is 22.9 Å². The molecule has 0 amide bonds. The third kappa shape index (κ3) is 3.49. The second kappa shape index (κ2) is 7.36. The van der Waals surface area contributed by atoms with Crippen LogP contribution >= 0.6 is 0 Å². The molecule has 3 rings (SSSR count). The first-order chi connectivity index (χ1) is 12.2. The number of furan rings is 1. The summed E-state index contributed by atoms with van der Waals surface area (Å²) in [5.74, 6) is 0.919. The molecule has 0 aliphatic carbocycles. The van der Waals surface area contributed by atoms with Crippen molar-refractivity contribution in [2.45, 2.75) is 19.4 Å². The van der Waals surface area contributed by atoms with Crippen LogP contribution in [0.25, 0.3) is 11.0 Å². The summed E-state index contributed by atoms with van der Waals surface area (Å²) in [7, 11) is 2.95. The van der Waals surface area contributed by atoms with E-state index in [1.54, 1.807) is 13.2 Å². The van der Waals surface area contributed by atoms with Gasteiger partial charge in [0.05, 0.1) is 26.3 Å². The maximum atomic E-state index is 11.7. The van der Waals surface area contributed by atoms with Crippen molar-refractivity contribution in [1.82, 2.24) is 0 Å². The molecule has 6 heteroatoms. The van der Waals surface area contributed by atoms with E-state index in [-0.39, 0.29) is 0 Å². The molecule has 0 fully saturated rings. The number of nitrogens with zero attached hydrogens (tertiary/aromatic N) is 1. The Bertz CT molecular complexity index is 890. The standard InChI is InChI=1S/C19H20N2O4/c1-23-17-9-13(7-14-8-15(10-20)25-18(14)17)16-6-4-3-5-12(11-21-16)19(22)24-2/h3,5,7-9,11H,4,6,10,20H2,1-2H3. The van der Waals surface area contributed by atoms with Crippen molar-refractivity contribution >= 4 is 22.7 Å². The number of carbonyl (C=O) groups excluding carboxylic acids is 1. The number of hydrogen-bond donors (Lipinski definition) is 1. The van der Waals surface area contributed by atoms with E-state index in [0.717, 1.165) is 29.5 Å². The summed E-state index contributed by atoms with van der Waals surface area (Å²) in [4.78, 5) is 16.2. The van der Waals surface area contributed by atoms with E-state index in [9.17, 15) is 4.79 Å². The highest BCUT2D eigenvalue weighted by Crippen LogP contribution is 2.31. The molecule has 0 bridgehead atoms. The smallest absolute Gasteiger partial charge is 0.339 e. The van der Waals surface area contributed by atoms with Gasteiger partial charge in [-0.3, -0.25) is 4.99 Å². The van der Waals surface area contributed by atoms with Crippen LogP contribution in [0.3, 0.4) is 0 Å². The van der Waals surface area contributed by atoms with Crippen molar-refractivity contribution in [3.8, 4) is 5.75 Å². The third-order valence-electron chi connectivity index (χ3n) is 4.01. The van der Waals surface area contributed by atoms with Crippen LogP contribution in [0.5, 0.6) is 5.75 Å².